The molecule has 2 aromatic carbocycles. The van der Waals surface area contributed by atoms with Crippen LogP contribution in [0.5, 0.6) is 0 Å². The average molecular weight is 418 g/mol. The molecule has 0 aliphatic rings. The molecule has 1 amide bonds. The molecule has 31 heavy (non-hydrogen) atoms. The van der Waals surface area contributed by atoms with Gasteiger partial charge in [-0.3, -0.25) is 4.79 Å². The van der Waals surface area contributed by atoms with E-state index in [1.807, 2.05) is 39.0 Å². The van der Waals surface area contributed by atoms with E-state index in [-0.39, 0.29) is 0 Å². The van der Waals surface area contributed by atoms with E-state index in [4.69, 9.17) is 15.5 Å². The molecule has 3 N–H and O–H groups in total. The Balaban J connectivity index is 1.94. The number of nitrogens with two attached hydrogens (primary N) is 1. The fourth-order valence-electron chi connectivity index (χ4n) is 3.84. The predicted molar refractivity (Wildman–Crippen MR) is 123 cm³/mol. The molecule has 0 saturated heterocycles. The zero-order valence-corrected chi connectivity index (χ0v) is 18.1. The number of hydrogen-bond acceptors (Lipinski definition) is 5. The van der Waals surface area contributed by atoms with E-state index in [1.54, 1.807) is 0 Å². The van der Waals surface area contributed by atoms with Crippen LogP contribution in [-0.4, -0.2) is 33.1 Å². The topological polar surface area (TPSA) is 95.1 Å². The minimum absolute atomic E-state index is 0.353. The van der Waals surface area contributed by atoms with Gasteiger partial charge >= 0.3 is 0 Å². The fourth-order valence-corrected chi connectivity index (χ4v) is 3.84. The van der Waals surface area contributed by atoms with Gasteiger partial charge in [-0.1, -0.05) is 42.5 Å². The summed E-state index contributed by atoms with van der Waals surface area (Å²) < 4.78 is 7.75. The van der Waals surface area contributed by atoms with Gasteiger partial charge in [-0.15, -0.1) is 0 Å². The average Bonchev–Trinajstić information content (AvgIpc) is 3.11. The number of nitrogens with zero attached hydrogens (tertiary/aromatic N) is 3. The molecule has 0 radical (unpaired) electrons. The lowest BCUT2D eigenvalue weighted by Gasteiger charge is -2.26. The first-order valence-corrected chi connectivity index (χ1v) is 10.4. The molecule has 0 spiro atoms. The van der Waals surface area contributed by atoms with Gasteiger partial charge in [0.1, 0.15) is 17.9 Å². The van der Waals surface area contributed by atoms with Crippen LogP contribution in [0.1, 0.15) is 26.6 Å². The molecule has 0 atom stereocenters. The van der Waals surface area contributed by atoms with Gasteiger partial charge < -0.3 is 20.4 Å². The van der Waals surface area contributed by atoms with Crippen molar-refractivity contribution in [2.75, 3.05) is 12.3 Å². The summed E-state index contributed by atoms with van der Waals surface area (Å²) in [7, 11) is 0. The van der Waals surface area contributed by atoms with Gasteiger partial charge in [-0.2, -0.15) is 0 Å². The molecule has 0 bridgehead atoms. The third kappa shape index (κ3) is 4.09. The molecule has 7 nitrogen and oxygen atoms in total. The Kier molecular flexibility index (Phi) is 5.61. The van der Waals surface area contributed by atoms with Crippen LogP contribution < -0.4 is 11.1 Å². The highest BCUT2D eigenvalue weighted by molar-refractivity contribution is 6.07. The normalized spacial score (nSPS) is 11.8. The Morgan fingerprint density at radius 2 is 1.90 bits per heavy atom. The second-order valence-electron chi connectivity index (χ2n) is 8.19. The summed E-state index contributed by atoms with van der Waals surface area (Å²) in [5.41, 5.74) is 10.4. The van der Waals surface area contributed by atoms with Crippen molar-refractivity contribution in [3.63, 3.8) is 0 Å². The molecule has 160 valence electrons. The van der Waals surface area contributed by atoms with Gasteiger partial charge in [0.25, 0.3) is 0 Å². The summed E-state index contributed by atoms with van der Waals surface area (Å²) in [4.78, 5) is 20.5. The van der Waals surface area contributed by atoms with E-state index >= 15 is 0 Å². The van der Waals surface area contributed by atoms with Crippen molar-refractivity contribution < 1.29 is 9.53 Å². The van der Waals surface area contributed by atoms with Crippen LogP contribution in [0.15, 0.2) is 48.5 Å². The van der Waals surface area contributed by atoms with E-state index in [1.165, 1.54) is 0 Å². The molecule has 7 heteroatoms. The summed E-state index contributed by atoms with van der Waals surface area (Å²) in [5.74, 6) is 1.14. The number of carbonyl (C=O) groups excluding carboxylic acids is 1. The van der Waals surface area contributed by atoms with Crippen molar-refractivity contribution in [3.05, 3.63) is 54.4 Å². The molecule has 0 aliphatic heterocycles. The SMILES string of the molecule is CCOCc1nc2c(N)nc3cc(-c4ccccc4)ccc3c2n1CC(C)(C)NC=O. The number of amides is 1. The van der Waals surface area contributed by atoms with Crippen LogP contribution in [0.3, 0.4) is 0 Å². The van der Waals surface area contributed by atoms with E-state index in [0.29, 0.717) is 31.1 Å². The van der Waals surface area contributed by atoms with E-state index < -0.39 is 5.54 Å². The molecule has 0 saturated carbocycles. The Morgan fingerprint density at radius 1 is 1.13 bits per heavy atom. The number of imidazole rings is 1. The molecule has 0 aliphatic carbocycles. The molecule has 4 aromatic rings. The molecular formula is C24H27N5O2. The summed E-state index contributed by atoms with van der Waals surface area (Å²) in [6, 6.07) is 16.4. The number of hydrogen-bond donors (Lipinski definition) is 2. The smallest absolute Gasteiger partial charge is 0.207 e. The number of fused-ring (bicyclic) bond motifs is 3. The van der Waals surface area contributed by atoms with Crippen molar-refractivity contribution in [1.29, 1.82) is 0 Å². The van der Waals surface area contributed by atoms with Crippen LogP contribution in [0.4, 0.5) is 5.82 Å². The zero-order valence-electron chi connectivity index (χ0n) is 18.1. The van der Waals surface area contributed by atoms with Crippen molar-refractivity contribution in [2.45, 2.75) is 39.5 Å². The number of rotatable bonds is 8. The third-order valence-electron chi connectivity index (χ3n) is 5.33. The maximum Gasteiger partial charge on any atom is 0.207 e. The highest BCUT2D eigenvalue weighted by atomic mass is 16.5. The summed E-state index contributed by atoms with van der Waals surface area (Å²) in [6.45, 7) is 7.33. The van der Waals surface area contributed by atoms with E-state index in [9.17, 15) is 4.79 Å². The number of nitrogen functional groups attached to an aromatic ring is 1. The van der Waals surface area contributed by atoms with Gasteiger partial charge in [0.15, 0.2) is 5.82 Å². The lowest BCUT2D eigenvalue weighted by atomic mass is 10.0. The highest BCUT2D eigenvalue weighted by Gasteiger charge is 2.24. The standard InChI is InChI=1S/C24H27N5O2/c1-4-31-13-20-28-21-22(29(20)14-24(2,3)26-15-30)18-11-10-17(12-19(18)27-23(21)25)16-8-6-5-7-9-16/h5-12,15H,4,13-14H2,1-3H3,(H2,25,27)(H,26,30). The molecule has 2 heterocycles. The number of nitrogens with one attached hydrogen (secondary N) is 1. The van der Waals surface area contributed by atoms with Crippen LogP contribution >= 0.6 is 0 Å². The van der Waals surface area contributed by atoms with E-state index in [0.717, 1.165) is 39.8 Å². The second-order valence-corrected chi connectivity index (χ2v) is 8.19. The number of carbonyl (C=O) groups is 1. The van der Waals surface area contributed by atoms with Crippen molar-refractivity contribution in [1.82, 2.24) is 19.9 Å². The molecule has 0 fully saturated rings. The first-order chi connectivity index (χ1) is 14.9. The maximum absolute atomic E-state index is 11.1. The number of benzene rings is 2. The molecular weight excluding hydrogens is 390 g/mol. The van der Waals surface area contributed by atoms with Crippen molar-refractivity contribution in [3.8, 4) is 11.1 Å². The van der Waals surface area contributed by atoms with Gasteiger partial charge in [-0.05, 0) is 38.0 Å². The number of ether oxygens (including phenoxy) is 1. The second kappa shape index (κ2) is 8.35. The number of anilines is 1. The minimum atomic E-state index is -0.481. The Labute approximate surface area is 181 Å². The number of aromatic nitrogens is 3. The summed E-state index contributed by atoms with van der Waals surface area (Å²) in [6.07, 6.45) is 0.724. The van der Waals surface area contributed by atoms with Gasteiger partial charge in [-0.25, -0.2) is 9.97 Å². The maximum atomic E-state index is 11.1. The lowest BCUT2D eigenvalue weighted by molar-refractivity contribution is -0.111. The van der Waals surface area contributed by atoms with Crippen LogP contribution in [0.2, 0.25) is 0 Å². The van der Waals surface area contributed by atoms with Gasteiger partial charge in [0.2, 0.25) is 6.41 Å². The Hall–Kier alpha value is -3.45. The summed E-state index contributed by atoms with van der Waals surface area (Å²) >= 11 is 0. The first-order valence-electron chi connectivity index (χ1n) is 10.4. The van der Waals surface area contributed by atoms with Crippen LogP contribution in [0.25, 0.3) is 33.1 Å². The molecule has 2 aromatic heterocycles. The highest BCUT2D eigenvalue weighted by Crippen LogP contribution is 2.32. The zero-order chi connectivity index (χ0) is 22.0. The fraction of sp³-hybridized carbons (Fsp3) is 0.292. The summed E-state index contributed by atoms with van der Waals surface area (Å²) in [5, 5.41) is 3.84. The first kappa shape index (κ1) is 20.8. The Morgan fingerprint density at radius 3 is 2.61 bits per heavy atom. The minimum Gasteiger partial charge on any atom is -0.382 e. The van der Waals surface area contributed by atoms with Crippen molar-refractivity contribution >= 4 is 34.2 Å². The predicted octanol–water partition coefficient (Wildman–Crippen LogP) is 3.89. The quantitative estimate of drug-likeness (QED) is 0.424. The van der Waals surface area contributed by atoms with Gasteiger partial charge in [0, 0.05) is 18.5 Å². The van der Waals surface area contributed by atoms with Crippen LogP contribution in [-0.2, 0) is 22.7 Å². The lowest BCUT2D eigenvalue weighted by Crippen LogP contribution is -2.42. The molecule has 0 unspecified atom stereocenters. The Bertz CT molecular complexity index is 1230. The third-order valence-corrected chi connectivity index (χ3v) is 5.33. The molecule has 4 rings (SSSR count). The van der Waals surface area contributed by atoms with Crippen molar-refractivity contribution in [2.24, 2.45) is 0 Å². The number of pyridine rings is 1. The largest absolute Gasteiger partial charge is 0.382 e. The van der Waals surface area contributed by atoms with E-state index in [2.05, 4.69) is 45.2 Å². The van der Waals surface area contributed by atoms with Crippen LogP contribution in [0, 0.1) is 0 Å². The van der Waals surface area contributed by atoms with Gasteiger partial charge in [0.05, 0.1) is 16.6 Å². The monoisotopic (exact) mass is 417 g/mol.